The van der Waals surface area contributed by atoms with Gasteiger partial charge in [0.25, 0.3) is 0 Å². The Hall–Kier alpha value is -1.66. The highest BCUT2D eigenvalue weighted by atomic mass is 32.1. The van der Waals surface area contributed by atoms with Crippen LogP contribution in [0.25, 0.3) is 10.2 Å². The summed E-state index contributed by atoms with van der Waals surface area (Å²) in [7, 11) is 2.21. The predicted octanol–water partition coefficient (Wildman–Crippen LogP) is 6.06. The van der Waals surface area contributed by atoms with Crippen LogP contribution in [0.1, 0.15) is 76.4 Å². The molecule has 2 aromatic rings. The standard InChI is InChI=1S/C25H37N3O2S/c1-16-7-9-21(28(14-16)24(29)30-25(3,4)5)18-8-10-22-20(13-18)26-23(31-22)19-11-12-27(6)15-17(19)2/h8,10,13,16-17,19,21H,7,9,11-12,14-15H2,1-6H3. The van der Waals surface area contributed by atoms with E-state index < -0.39 is 5.60 Å². The molecule has 31 heavy (non-hydrogen) atoms. The van der Waals surface area contributed by atoms with Crippen molar-refractivity contribution in [2.75, 3.05) is 26.7 Å². The topological polar surface area (TPSA) is 45.7 Å². The first-order valence-corrected chi connectivity index (χ1v) is 12.5. The van der Waals surface area contributed by atoms with Crippen LogP contribution in [0.2, 0.25) is 0 Å². The van der Waals surface area contributed by atoms with Gasteiger partial charge in [-0.1, -0.05) is 19.9 Å². The zero-order chi connectivity index (χ0) is 22.3. The quantitative estimate of drug-likeness (QED) is 0.566. The lowest BCUT2D eigenvalue weighted by atomic mass is 9.87. The normalized spacial score (nSPS) is 28.1. The Morgan fingerprint density at radius 3 is 2.65 bits per heavy atom. The molecule has 2 fully saturated rings. The minimum Gasteiger partial charge on any atom is -0.444 e. The number of carbonyl (C=O) groups is 1. The Morgan fingerprint density at radius 2 is 1.94 bits per heavy atom. The van der Waals surface area contributed by atoms with Gasteiger partial charge >= 0.3 is 6.09 Å². The van der Waals surface area contributed by atoms with Crippen molar-refractivity contribution in [3.05, 3.63) is 28.8 Å². The van der Waals surface area contributed by atoms with Crippen LogP contribution in [0.15, 0.2) is 18.2 Å². The molecule has 4 unspecified atom stereocenters. The number of hydrogen-bond acceptors (Lipinski definition) is 5. The summed E-state index contributed by atoms with van der Waals surface area (Å²) in [6.45, 7) is 13.4. The van der Waals surface area contributed by atoms with Gasteiger partial charge in [-0.25, -0.2) is 9.78 Å². The van der Waals surface area contributed by atoms with Crippen LogP contribution in [-0.4, -0.2) is 53.2 Å². The number of rotatable bonds is 2. The van der Waals surface area contributed by atoms with E-state index in [9.17, 15) is 4.79 Å². The second-order valence-corrected chi connectivity index (χ2v) is 11.8. The van der Waals surface area contributed by atoms with E-state index in [0.29, 0.717) is 17.8 Å². The molecular weight excluding hydrogens is 406 g/mol. The number of aromatic nitrogens is 1. The van der Waals surface area contributed by atoms with Crippen molar-refractivity contribution in [1.29, 1.82) is 0 Å². The van der Waals surface area contributed by atoms with E-state index in [0.717, 1.165) is 38.0 Å². The zero-order valence-corrected chi connectivity index (χ0v) is 20.7. The number of piperidine rings is 2. The molecule has 0 bridgehead atoms. The van der Waals surface area contributed by atoms with E-state index in [2.05, 4.69) is 44.0 Å². The third-order valence-corrected chi connectivity index (χ3v) is 7.85. The van der Waals surface area contributed by atoms with Gasteiger partial charge in [0.05, 0.1) is 21.3 Å². The highest BCUT2D eigenvalue weighted by molar-refractivity contribution is 7.18. The SMILES string of the molecule is CC1CCC(c2ccc3sc(C4CCN(C)CC4C)nc3c2)N(C(=O)OC(C)(C)C)C1. The number of carbonyl (C=O) groups excluding carboxylic acids is 1. The second-order valence-electron chi connectivity index (χ2n) is 10.7. The molecule has 4 rings (SSSR count). The minimum atomic E-state index is -0.485. The van der Waals surface area contributed by atoms with Crippen molar-refractivity contribution in [1.82, 2.24) is 14.8 Å². The van der Waals surface area contributed by atoms with Crippen molar-refractivity contribution < 1.29 is 9.53 Å². The van der Waals surface area contributed by atoms with Crippen molar-refractivity contribution in [2.24, 2.45) is 11.8 Å². The lowest BCUT2D eigenvalue weighted by molar-refractivity contribution is 0.00365. The van der Waals surface area contributed by atoms with E-state index in [1.165, 1.54) is 21.7 Å². The maximum atomic E-state index is 13.0. The lowest BCUT2D eigenvalue weighted by Crippen LogP contribution is -2.44. The van der Waals surface area contributed by atoms with E-state index in [-0.39, 0.29) is 12.1 Å². The summed E-state index contributed by atoms with van der Waals surface area (Å²) in [6.07, 6.45) is 3.06. The van der Waals surface area contributed by atoms with Gasteiger partial charge in [-0.3, -0.25) is 0 Å². The molecule has 2 aliphatic rings. The van der Waals surface area contributed by atoms with Gasteiger partial charge in [-0.15, -0.1) is 11.3 Å². The minimum absolute atomic E-state index is 0.0582. The molecule has 4 atom stereocenters. The highest BCUT2D eigenvalue weighted by Gasteiger charge is 2.34. The molecule has 5 nitrogen and oxygen atoms in total. The number of likely N-dealkylation sites (tertiary alicyclic amines) is 2. The van der Waals surface area contributed by atoms with Gasteiger partial charge in [0.1, 0.15) is 5.60 Å². The number of fused-ring (bicyclic) bond motifs is 1. The monoisotopic (exact) mass is 443 g/mol. The Kier molecular flexibility index (Phi) is 6.32. The number of amides is 1. The molecule has 0 radical (unpaired) electrons. The molecule has 0 spiro atoms. The highest BCUT2D eigenvalue weighted by Crippen LogP contribution is 2.39. The molecule has 0 N–H and O–H groups in total. The van der Waals surface area contributed by atoms with E-state index in [1.807, 2.05) is 37.0 Å². The molecular formula is C25H37N3O2S. The summed E-state index contributed by atoms with van der Waals surface area (Å²) in [5, 5.41) is 1.27. The van der Waals surface area contributed by atoms with Crippen molar-refractivity contribution >= 4 is 27.6 Å². The van der Waals surface area contributed by atoms with Crippen LogP contribution in [0, 0.1) is 11.8 Å². The van der Waals surface area contributed by atoms with Crippen LogP contribution >= 0.6 is 11.3 Å². The molecule has 170 valence electrons. The molecule has 1 amide bonds. The number of thiazole rings is 1. The van der Waals surface area contributed by atoms with E-state index in [1.54, 1.807) is 0 Å². The molecule has 2 aliphatic heterocycles. The largest absolute Gasteiger partial charge is 0.444 e. The first-order chi connectivity index (χ1) is 14.6. The average molecular weight is 444 g/mol. The third kappa shape index (κ3) is 5.06. The smallest absolute Gasteiger partial charge is 0.410 e. The molecule has 0 saturated carbocycles. The van der Waals surface area contributed by atoms with Gasteiger partial charge in [0, 0.05) is 19.0 Å². The number of nitrogens with zero attached hydrogens (tertiary/aromatic N) is 3. The Balaban J connectivity index is 1.60. The van der Waals surface area contributed by atoms with Gasteiger partial charge in [0.15, 0.2) is 0 Å². The van der Waals surface area contributed by atoms with Crippen LogP contribution in [0.4, 0.5) is 4.79 Å². The summed E-state index contributed by atoms with van der Waals surface area (Å²) < 4.78 is 6.99. The molecule has 0 aliphatic carbocycles. The van der Waals surface area contributed by atoms with Gasteiger partial charge in [-0.2, -0.15) is 0 Å². The summed E-state index contributed by atoms with van der Waals surface area (Å²) in [4.78, 5) is 22.4. The number of ether oxygens (including phenoxy) is 1. The Labute approximate surface area is 190 Å². The molecule has 1 aromatic carbocycles. The summed E-state index contributed by atoms with van der Waals surface area (Å²) in [5.41, 5.74) is 1.77. The van der Waals surface area contributed by atoms with Crippen molar-refractivity contribution in [3.8, 4) is 0 Å². The molecule has 6 heteroatoms. The fourth-order valence-electron chi connectivity index (χ4n) is 5.07. The Bertz CT molecular complexity index is 934. The van der Waals surface area contributed by atoms with Crippen LogP contribution in [0.5, 0.6) is 0 Å². The fraction of sp³-hybridized carbons (Fsp3) is 0.680. The molecule has 2 saturated heterocycles. The fourth-order valence-corrected chi connectivity index (χ4v) is 6.29. The number of hydrogen-bond donors (Lipinski definition) is 0. The van der Waals surface area contributed by atoms with Crippen LogP contribution in [0.3, 0.4) is 0 Å². The number of benzene rings is 1. The van der Waals surface area contributed by atoms with E-state index >= 15 is 0 Å². The molecule has 3 heterocycles. The summed E-state index contributed by atoms with van der Waals surface area (Å²) in [5.74, 6) is 1.66. The maximum Gasteiger partial charge on any atom is 0.410 e. The lowest BCUT2D eigenvalue weighted by Gasteiger charge is -2.39. The zero-order valence-electron chi connectivity index (χ0n) is 19.9. The first kappa shape index (κ1) is 22.5. The van der Waals surface area contributed by atoms with Gasteiger partial charge < -0.3 is 14.5 Å². The van der Waals surface area contributed by atoms with Crippen LogP contribution in [-0.2, 0) is 4.74 Å². The predicted molar refractivity (Wildman–Crippen MR) is 128 cm³/mol. The van der Waals surface area contributed by atoms with Crippen molar-refractivity contribution in [3.63, 3.8) is 0 Å². The van der Waals surface area contributed by atoms with Gasteiger partial charge in [0.2, 0.25) is 0 Å². The Morgan fingerprint density at radius 1 is 1.16 bits per heavy atom. The second kappa shape index (κ2) is 8.70. The van der Waals surface area contributed by atoms with Crippen LogP contribution < -0.4 is 0 Å². The van der Waals surface area contributed by atoms with E-state index in [4.69, 9.17) is 9.72 Å². The first-order valence-electron chi connectivity index (χ1n) is 11.7. The third-order valence-electron chi connectivity index (χ3n) is 6.68. The average Bonchev–Trinajstić information content (AvgIpc) is 3.09. The maximum absolute atomic E-state index is 13.0. The van der Waals surface area contributed by atoms with Gasteiger partial charge in [-0.05, 0) is 83.2 Å². The summed E-state index contributed by atoms with van der Waals surface area (Å²) >= 11 is 1.84. The van der Waals surface area contributed by atoms with Crippen molar-refractivity contribution in [2.45, 2.75) is 71.4 Å². The molecule has 1 aromatic heterocycles. The summed E-state index contributed by atoms with van der Waals surface area (Å²) in [6, 6.07) is 6.67.